The molecule has 0 radical (unpaired) electrons. The van der Waals surface area contributed by atoms with E-state index in [2.05, 4.69) is 18.3 Å². The molecule has 1 aliphatic heterocycles. The first-order valence-electron chi connectivity index (χ1n) is 7.47. The van der Waals surface area contributed by atoms with Crippen molar-refractivity contribution in [2.75, 3.05) is 33.5 Å². The van der Waals surface area contributed by atoms with E-state index in [1.54, 1.807) is 7.11 Å². The maximum atomic E-state index is 5.83. The first-order valence-corrected chi connectivity index (χ1v) is 7.47. The lowest BCUT2D eigenvalue weighted by molar-refractivity contribution is 0.167. The Balaban J connectivity index is 2.14. The molecule has 1 aromatic rings. The van der Waals surface area contributed by atoms with Gasteiger partial charge in [0.2, 0.25) is 0 Å². The normalized spacial score (nSPS) is 15.1. The number of fused-ring (bicyclic) bond motifs is 1. The maximum Gasteiger partial charge on any atom is 0.166 e. The molecule has 0 aliphatic carbocycles. The zero-order valence-corrected chi connectivity index (χ0v) is 12.5. The summed E-state index contributed by atoms with van der Waals surface area (Å²) < 4.78 is 16.7. The first kappa shape index (κ1) is 15.1. The van der Waals surface area contributed by atoms with Gasteiger partial charge in [0.05, 0.1) is 0 Å². The number of hydrogen-bond donors (Lipinski definition) is 1. The van der Waals surface area contributed by atoms with Gasteiger partial charge in [-0.3, -0.25) is 0 Å². The molecule has 1 aromatic carbocycles. The number of benzene rings is 1. The fourth-order valence-electron chi connectivity index (χ4n) is 2.49. The predicted octanol–water partition coefficient (Wildman–Crippen LogP) is 2.93. The fourth-order valence-corrected chi connectivity index (χ4v) is 2.49. The number of rotatable bonds is 8. The third-order valence-electron chi connectivity index (χ3n) is 3.45. The topological polar surface area (TPSA) is 39.7 Å². The van der Waals surface area contributed by atoms with Crippen LogP contribution in [-0.4, -0.2) is 33.5 Å². The molecule has 0 amide bonds. The minimum atomic E-state index is 0.293. The van der Waals surface area contributed by atoms with Gasteiger partial charge in [0, 0.05) is 25.3 Å². The second-order valence-electron chi connectivity index (χ2n) is 5.01. The van der Waals surface area contributed by atoms with Gasteiger partial charge >= 0.3 is 0 Å². The van der Waals surface area contributed by atoms with Gasteiger partial charge in [0.1, 0.15) is 13.2 Å². The zero-order valence-electron chi connectivity index (χ0n) is 12.5. The average Bonchev–Trinajstić information content (AvgIpc) is 2.50. The first-order chi connectivity index (χ1) is 9.86. The summed E-state index contributed by atoms with van der Waals surface area (Å²) in [4.78, 5) is 0. The summed E-state index contributed by atoms with van der Waals surface area (Å²) in [7, 11) is 1.75. The van der Waals surface area contributed by atoms with Crippen molar-refractivity contribution in [1.29, 1.82) is 0 Å². The van der Waals surface area contributed by atoms with E-state index in [0.717, 1.165) is 43.9 Å². The molecule has 1 aliphatic rings. The van der Waals surface area contributed by atoms with Crippen LogP contribution in [0.4, 0.5) is 0 Å². The molecule has 0 aromatic heterocycles. The van der Waals surface area contributed by atoms with Gasteiger partial charge in [-0.2, -0.15) is 0 Å². The predicted molar refractivity (Wildman–Crippen MR) is 79.6 cm³/mol. The molecule has 1 unspecified atom stereocenters. The second kappa shape index (κ2) is 8.12. The summed E-state index contributed by atoms with van der Waals surface area (Å²) in [6.45, 7) is 5.23. The Morgan fingerprint density at radius 1 is 1.30 bits per heavy atom. The minimum Gasteiger partial charge on any atom is -0.486 e. The van der Waals surface area contributed by atoms with Gasteiger partial charge < -0.3 is 19.5 Å². The van der Waals surface area contributed by atoms with Crippen LogP contribution in [0, 0.1) is 0 Å². The number of para-hydroxylation sites is 1. The molecule has 20 heavy (non-hydrogen) atoms. The summed E-state index contributed by atoms with van der Waals surface area (Å²) in [5.41, 5.74) is 1.20. The van der Waals surface area contributed by atoms with Gasteiger partial charge in [-0.25, -0.2) is 0 Å². The van der Waals surface area contributed by atoms with Gasteiger partial charge in [-0.05, 0) is 31.9 Å². The molecule has 0 bridgehead atoms. The Hall–Kier alpha value is -1.26. The highest BCUT2D eigenvalue weighted by Gasteiger charge is 2.21. The molecule has 2 rings (SSSR count). The summed E-state index contributed by atoms with van der Waals surface area (Å²) in [5, 5.41) is 3.60. The zero-order chi connectivity index (χ0) is 14.2. The van der Waals surface area contributed by atoms with Crippen molar-refractivity contribution in [2.45, 2.75) is 32.2 Å². The van der Waals surface area contributed by atoms with Gasteiger partial charge in [0.25, 0.3) is 0 Å². The molecule has 0 fully saturated rings. The Morgan fingerprint density at radius 3 is 2.95 bits per heavy atom. The SMILES string of the molecule is CCCNC(CCCOC)c1cccc2c1OCCO2. The van der Waals surface area contributed by atoms with Crippen molar-refractivity contribution >= 4 is 0 Å². The van der Waals surface area contributed by atoms with Crippen LogP contribution >= 0.6 is 0 Å². The lowest BCUT2D eigenvalue weighted by Crippen LogP contribution is -2.25. The van der Waals surface area contributed by atoms with Gasteiger partial charge in [-0.15, -0.1) is 0 Å². The average molecular weight is 279 g/mol. The molecule has 4 nitrogen and oxygen atoms in total. The molecule has 112 valence electrons. The highest BCUT2D eigenvalue weighted by Crippen LogP contribution is 2.38. The Morgan fingerprint density at radius 2 is 2.15 bits per heavy atom. The number of hydrogen-bond acceptors (Lipinski definition) is 4. The maximum absolute atomic E-state index is 5.83. The fraction of sp³-hybridized carbons (Fsp3) is 0.625. The molecule has 0 saturated heterocycles. The van der Waals surface area contributed by atoms with Crippen LogP contribution in [0.3, 0.4) is 0 Å². The van der Waals surface area contributed by atoms with Crippen LogP contribution in [0.5, 0.6) is 11.5 Å². The van der Waals surface area contributed by atoms with Crippen molar-refractivity contribution in [3.05, 3.63) is 23.8 Å². The van der Waals surface area contributed by atoms with Crippen LogP contribution < -0.4 is 14.8 Å². The second-order valence-corrected chi connectivity index (χ2v) is 5.01. The van der Waals surface area contributed by atoms with Gasteiger partial charge in [-0.1, -0.05) is 19.1 Å². The third-order valence-corrected chi connectivity index (χ3v) is 3.45. The molecular formula is C16H25NO3. The van der Waals surface area contributed by atoms with Crippen molar-refractivity contribution < 1.29 is 14.2 Å². The molecule has 0 saturated carbocycles. The van der Waals surface area contributed by atoms with E-state index in [9.17, 15) is 0 Å². The molecule has 1 heterocycles. The Bertz CT molecular complexity index is 409. The number of ether oxygens (including phenoxy) is 3. The smallest absolute Gasteiger partial charge is 0.166 e. The molecule has 4 heteroatoms. The van der Waals surface area contributed by atoms with Crippen LogP contribution in [0.1, 0.15) is 37.8 Å². The van der Waals surface area contributed by atoms with Crippen molar-refractivity contribution in [2.24, 2.45) is 0 Å². The van der Waals surface area contributed by atoms with Crippen molar-refractivity contribution in [3.8, 4) is 11.5 Å². The van der Waals surface area contributed by atoms with E-state index in [1.165, 1.54) is 5.56 Å². The molecule has 1 N–H and O–H groups in total. The standard InChI is InChI=1S/C16H25NO3/c1-3-9-17-14(7-5-10-18-2)13-6-4-8-15-16(13)20-12-11-19-15/h4,6,8,14,17H,3,5,7,9-12H2,1-2H3. The van der Waals surface area contributed by atoms with E-state index in [4.69, 9.17) is 14.2 Å². The van der Waals surface area contributed by atoms with E-state index in [1.807, 2.05) is 12.1 Å². The minimum absolute atomic E-state index is 0.293. The van der Waals surface area contributed by atoms with E-state index in [-0.39, 0.29) is 0 Å². The van der Waals surface area contributed by atoms with Crippen molar-refractivity contribution in [1.82, 2.24) is 5.32 Å². The molecular weight excluding hydrogens is 254 g/mol. The molecule has 1 atom stereocenters. The monoisotopic (exact) mass is 279 g/mol. The summed E-state index contributed by atoms with van der Waals surface area (Å²) in [5.74, 6) is 1.77. The van der Waals surface area contributed by atoms with Crippen LogP contribution in [0.25, 0.3) is 0 Å². The largest absolute Gasteiger partial charge is 0.486 e. The highest BCUT2D eigenvalue weighted by atomic mass is 16.6. The Kier molecular flexibility index (Phi) is 6.15. The van der Waals surface area contributed by atoms with Crippen LogP contribution in [-0.2, 0) is 4.74 Å². The van der Waals surface area contributed by atoms with Crippen LogP contribution in [0.15, 0.2) is 18.2 Å². The summed E-state index contributed by atoms with van der Waals surface area (Å²) in [6, 6.07) is 6.44. The van der Waals surface area contributed by atoms with Gasteiger partial charge in [0.15, 0.2) is 11.5 Å². The Labute approximate surface area is 121 Å². The highest BCUT2D eigenvalue weighted by molar-refractivity contribution is 5.48. The van der Waals surface area contributed by atoms with Crippen molar-refractivity contribution in [3.63, 3.8) is 0 Å². The number of methoxy groups -OCH3 is 1. The summed E-state index contributed by atoms with van der Waals surface area (Å²) >= 11 is 0. The molecule has 0 spiro atoms. The van der Waals surface area contributed by atoms with E-state index >= 15 is 0 Å². The lowest BCUT2D eigenvalue weighted by atomic mass is 10.00. The van der Waals surface area contributed by atoms with Crippen LogP contribution in [0.2, 0.25) is 0 Å². The number of nitrogens with one attached hydrogen (secondary N) is 1. The quantitative estimate of drug-likeness (QED) is 0.743. The third kappa shape index (κ3) is 3.87. The van der Waals surface area contributed by atoms with E-state index in [0.29, 0.717) is 19.3 Å². The van der Waals surface area contributed by atoms with E-state index < -0.39 is 0 Å². The lowest BCUT2D eigenvalue weighted by Gasteiger charge is -2.26. The summed E-state index contributed by atoms with van der Waals surface area (Å²) in [6.07, 6.45) is 3.18.